The van der Waals surface area contributed by atoms with Gasteiger partial charge < -0.3 is 14.7 Å². The average Bonchev–Trinajstić information content (AvgIpc) is 2.91. The van der Waals surface area contributed by atoms with Gasteiger partial charge >= 0.3 is 0 Å². The van der Waals surface area contributed by atoms with Crippen molar-refractivity contribution in [3.63, 3.8) is 0 Å². The first-order chi connectivity index (χ1) is 8.75. The van der Waals surface area contributed by atoms with E-state index in [0.717, 1.165) is 57.3 Å². The molecule has 0 amide bonds. The molecule has 1 saturated heterocycles. The van der Waals surface area contributed by atoms with Gasteiger partial charge in [0.05, 0.1) is 5.41 Å². The van der Waals surface area contributed by atoms with Crippen molar-refractivity contribution in [1.29, 1.82) is 0 Å². The molecule has 5 heteroatoms. The van der Waals surface area contributed by atoms with Gasteiger partial charge in [-0.25, -0.2) is 0 Å². The number of piperidine rings is 1. The summed E-state index contributed by atoms with van der Waals surface area (Å²) >= 11 is 0. The van der Waals surface area contributed by atoms with Gasteiger partial charge in [0.2, 0.25) is 5.89 Å². The molecule has 0 radical (unpaired) electrons. The van der Waals surface area contributed by atoms with E-state index in [9.17, 15) is 0 Å². The molecule has 1 aromatic heterocycles. The molecule has 2 rings (SSSR count). The van der Waals surface area contributed by atoms with Crippen molar-refractivity contribution in [3.05, 3.63) is 5.89 Å². The maximum atomic E-state index is 5.55. The van der Waals surface area contributed by atoms with Crippen LogP contribution in [0.3, 0.4) is 0 Å². The van der Waals surface area contributed by atoms with E-state index in [-0.39, 0.29) is 5.41 Å². The minimum atomic E-state index is 0.0870. The summed E-state index contributed by atoms with van der Waals surface area (Å²) in [5, 5.41) is 7.54. The maximum absolute atomic E-state index is 5.55. The van der Waals surface area contributed by atoms with Gasteiger partial charge in [0, 0.05) is 13.1 Å². The van der Waals surface area contributed by atoms with Crippen LogP contribution in [0.1, 0.15) is 45.9 Å². The molecule has 18 heavy (non-hydrogen) atoms. The molecule has 1 aromatic rings. The van der Waals surface area contributed by atoms with Gasteiger partial charge in [-0.1, -0.05) is 6.92 Å². The highest BCUT2D eigenvalue weighted by molar-refractivity contribution is 5.28. The van der Waals surface area contributed by atoms with Gasteiger partial charge in [-0.3, -0.25) is 0 Å². The van der Waals surface area contributed by atoms with Crippen molar-refractivity contribution in [2.24, 2.45) is 0 Å². The van der Waals surface area contributed by atoms with Crippen LogP contribution >= 0.6 is 0 Å². The average molecular weight is 252 g/mol. The molecular formula is C13H24N4O. The summed E-state index contributed by atoms with van der Waals surface area (Å²) in [6, 6.07) is 0. The Morgan fingerprint density at radius 2 is 1.89 bits per heavy atom. The van der Waals surface area contributed by atoms with Crippen molar-refractivity contribution in [2.45, 2.75) is 45.4 Å². The zero-order valence-electron chi connectivity index (χ0n) is 11.7. The molecule has 1 aliphatic rings. The molecule has 5 nitrogen and oxygen atoms in total. The summed E-state index contributed by atoms with van der Waals surface area (Å²) in [6.45, 7) is 10.3. The third-order valence-corrected chi connectivity index (χ3v) is 4.15. The molecule has 1 N–H and O–H groups in total. The van der Waals surface area contributed by atoms with Gasteiger partial charge in [-0.05, 0) is 51.4 Å². The predicted molar refractivity (Wildman–Crippen MR) is 71.9 cm³/mol. The molecule has 0 aliphatic carbocycles. The highest BCUT2D eigenvalue weighted by Crippen LogP contribution is 2.36. The molecule has 0 atom stereocenters. The molecule has 1 aliphatic heterocycles. The van der Waals surface area contributed by atoms with Crippen molar-refractivity contribution in [1.82, 2.24) is 15.5 Å². The Morgan fingerprint density at radius 3 is 2.44 bits per heavy atom. The second-order valence-corrected chi connectivity index (χ2v) is 4.96. The predicted octanol–water partition coefficient (Wildman–Crippen LogP) is 1.95. The molecular weight excluding hydrogens is 228 g/mol. The zero-order valence-corrected chi connectivity index (χ0v) is 11.7. The van der Waals surface area contributed by atoms with Crippen molar-refractivity contribution in [2.75, 3.05) is 31.1 Å². The summed E-state index contributed by atoms with van der Waals surface area (Å²) in [4.78, 5) is 6.76. The lowest BCUT2D eigenvalue weighted by Crippen LogP contribution is -2.39. The third-order valence-electron chi connectivity index (χ3n) is 4.15. The first kappa shape index (κ1) is 13.3. The van der Waals surface area contributed by atoms with E-state index in [1.807, 2.05) is 0 Å². The highest BCUT2D eigenvalue weighted by atomic mass is 16.5. The monoisotopic (exact) mass is 252 g/mol. The molecule has 2 heterocycles. The Balaban J connectivity index is 2.21. The molecule has 0 spiro atoms. The van der Waals surface area contributed by atoms with Crippen molar-refractivity contribution < 1.29 is 4.52 Å². The lowest BCUT2D eigenvalue weighted by molar-refractivity contribution is 0.216. The molecule has 1 fully saturated rings. The van der Waals surface area contributed by atoms with Crippen LogP contribution in [0.15, 0.2) is 4.52 Å². The van der Waals surface area contributed by atoms with E-state index in [0.29, 0.717) is 0 Å². The Hall–Kier alpha value is -1.10. The van der Waals surface area contributed by atoms with Crippen LogP contribution in [-0.4, -0.2) is 36.3 Å². The fourth-order valence-electron chi connectivity index (χ4n) is 2.69. The number of nitrogens with zero attached hydrogens (tertiary/aromatic N) is 3. The van der Waals surface area contributed by atoms with Crippen LogP contribution in [0, 0.1) is 0 Å². The minimum Gasteiger partial charge on any atom is -0.339 e. The van der Waals surface area contributed by atoms with E-state index >= 15 is 0 Å². The van der Waals surface area contributed by atoms with Crippen molar-refractivity contribution in [3.8, 4) is 0 Å². The minimum absolute atomic E-state index is 0.0870. The zero-order chi connectivity index (χ0) is 13.0. The standard InChI is InChI=1S/C13H24N4O/c1-4-13(7-9-14-10-8-13)11-15-12(16-18-11)17(5-2)6-3/h14H,4-10H2,1-3H3. The quantitative estimate of drug-likeness (QED) is 0.868. The number of aromatic nitrogens is 2. The smallest absolute Gasteiger partial charge is 0.266 e. The summed E-state index contributed by atoms with van der Waals surface area (Å²) in [7, 11) is 0. The van der Waals surface area contributed by atoms with E-state index in [2.05, 4.69) is 41.1 Å². The molecule has 0 unspecified atom stereocenters. The highest BCUT2D eigenvalue weighted by Gasteiger charge is 2.37. The number of nitrogens with one attached hydrogen (secondary N) is 1. The van der Waals surface area contributed by atoms with Crippen LogP contribution in [0.25, 0.3) is 0 Å². The van der Waals surface area contributed by atoms with Crippen LogP contribution in [0.5, 0.6) is 0 Å². The number of anilines is 1. The van der Waals surface area contributed by atoms with Gasteiger partial charge in [0.15, 0.2) is 0 Å². The van der Waals surface area contributed by atoms with E-state index < -0.39 is 0 Å². The lowest BCUT2D eigenvalue weighted by atomic mass is 9.76. The van der Waals surface area contributed by atoms with Crippen molar-refractivity contribution >= 4 is 5.95 Å². The number of rotatable bonds is 5. The number of hydrogen-bond acceptors (Lipinski definition) is 5. The second-order valence-electron chi connectivity index (χ2n) is 4.96. The first-order valence-electron chi connectivity index (χ1n) is 7.05. The normalized spacial score (nSPS) is 18.8. The molecule has 0 bridgehead atoms. The lowest BCUT2D eigenvalue weighted by Gasteiger charge is -2.33. The summed E-state index contributed by atoms with van der Waals surface area (Å²) < 4.78 is 5.55. The Labute approximate surface area is 109 Å². The van der Waals surface area contributed by atoms with Gasteiger partial charge in [-0.15, -0.1) is 0 Å². The van der Waals surface area contributed by atoms with Crippen LogP contribution in [0.2, 0.25) is 0 Å². The molecule has 102 valence electrons. The summed E-state index contributed by atoms with van der Waals surface area (Å²) in [6.07, 6.45) is 3.24. The van der Waals surface area contributed by atoms with E-state index in [1.54, 1.807) is 0 Å². The fraction of sp³-hybridized carbons (Fsp3) is 0.846. The SMILES string of the molecule is CCN(CC)c1noc(C2(CC)CCNCC2)n1. The van der Waals surface area contributed by atoms with E-state index in [1.165, 1.54) is 0 Å². The summed E-state index contributed by atoms with van der Waals surface area (Å²) in [5.74, 6) is 1.56. The first-order valence-corrected chi connectivity index (χ1v) is 7.05. The Kier molecular flexibility index (Phi) is 4.22. The summed E-state index contributed by atoms with van der Waals surface area (Å²) in [5.41, 5.74) is 0.0870. The van der Waals surface area contributed by atoms with Crippen LogP contribution in [-0.2, 0) is 5.41 Å². The van der Waals surface area contributed by atoms with Gasteiger partial charge in [0.1, 0.15) is 0 Å². The van der Waals surface area contributed by atoms with Crippen LogP contribution < -0.4 is 10.2 Å². The van der Waals surface area contributed by atoms with Crippen LogP contribution in [0.4, 0.5) is 5.95 Å². The molecule has 0 aromatic carbocycles. The largest absolute Gasteiger partial charge is 0.339 e. The number of hydrogen-bond donors (Lipinski definition) is 1. The second kappa shape index (κ2) is 5.69. The fourth-order valence-corrected chi connectivity index (χ4v) is 2.69. The molecule has 0 saturated carbocycles. The van der Waals surface area contributed by atoms with Gasteiger partial charge in [0.25, 0.3) is 5.95 Å². The maximum Gasteiger partial charge on any atom is 0.266 e. The topological polar surface area (TPSA) is 54.2 Å². The van der Waals surface area contributed by atoms with Gasteiger partial charge in [-0.2, -0.15) is 4.98 Å². The Bertz CT molecular complexity index is 367. The van der Waals surface area contributed by atoms with E-state index in [4.69, 9.17) is 4.52 Å². The Morgan fingerprint density at radius 1 is 1.22 bits per heavy atom. The third kappa shape index (κ3) is 2.36.